The molecule has 2 aromatic rings. The third kappa shape index (κ3) is 4.82. The van der Waals surface area contributed by atoms with Gasteiger partial charge in [-0.25, -0.2) is 8.42 Å². The zero-order valence-electron chi connectivity index (χ0n) is 14.6. The summed E-state index contributed by atoms with van der Waals surface area (Å²) >= 11 is 0. The number of hydrogen-bond acceptors (Lipinski definition) is 4. The van der Waals surface area contributed by atoms with E-state index in [9.17, 15) is 26.4 Å². The van der Waals surface area contributed by atoms with Crippen molar-refractivity contribution in [1.29, 1.82) is 0 Å². The highest BCUT2D eigenvalue weighted by molar-refractivity contribution is 7.89. The maximum atomic E-state index is 12.5. The molecule has 10 heteroatoms. The number of rotatable bonds is 5. The number of ether oxygens (including phenoxy) is 1. The third-order valence-electron chi connectivity index (χ3n) is 4.17. The van der Waals surface area contributed by atoms with Gasteiger partial charge in [0.1, 0.15) is 5.75 Å². The Bertz CT molecular complexity index is 936. The van der Waals surface area contributed by atoms with E-state index in [0.717, 1.165) is 25.0 Å². The van der Waals surface area contributed by atoms with E-state index < -0.39 is 28.0 Å². The van der Waals surface area contributed by atoms with Crippen LogP contribution in [0.4, 0.5) is 18.9 Å². The first-order valence-electron chi connectivity index (χ1n) is 8.42. The lowest BCUT2D eigenvalue weighted by atomic mass is 10.2. The predicted octanol–water partition coefficient (Wildman–Crippen LogP) is 3.62. The Balaban J connectivity index is 1.66. The topological polar surface area (TPSA) is 75.7 Å². The van der Waals surface area contributed by atoms with Crippen LogP contribution in [0.3, 0.4) is 0 Å². The number of carbonyl (C=O) groups is 1. The number of halogens is 3. The van der Waals surface area contributed by atoms with E-state index in [0.29, 0.717) is 13.1 Å². The summed E-state index contributed by atoms with van der Waals surface area (Å²) in [6.07, 6.45) is -3.14. The van der Waals surface area contributed by atoms with E-state index in [1.807, 2.05) is 0 Å². The van der Waals surface area contributed by atoms with Crippen LogP contribution in [0, 0.1) is 0 Å². The molecule has 0 spiro atoms. The monoisotopic (exact) mass is 414 g/mol. The van der Waals surface area contributed by atoms with Gasteiger partial charge in [-0.3, -0.25) is 4.79 Å². The molecule has 2 aromatic carbocycles. The highest BCUT2D eigenvalue weighted by atomic mass is 32.2. The molecule has 0 bridgehead atoms. The standard InChI is InChI=1S/C18H17F3N2O4S/c19-18(20,21)27-15-7-5-14(6-8-15)22-17(24)13-3-9-16(10-4-13)28(25,26)23-11-1-2-12-23/h3-10H,1-2,11-12H2,(H,22,24). The van der Waals surface area contributed by atoms with E-state index in [1.54, 1.807) is 0 Å². The van der Waals surface area contributed by atoms with E-state index in [-0.39, 0.29) is 16.1 Å². The minimum Gasteiger partial charge on any atom is -0.406 e. The van der Waals surface area contributed by atoms with Crippen molar-refractivity contribution in [3.05, 3.63) is 54.1 Å². The van der Waals surface area contributed by atoms with Crippen molar-refractivity contribution in [3.63, 3.8) is 0 Å². The number of carbonyl (C=O) groups excluding carboxylic acids is 1. The smallest absolute Gasteiger partial charge is 0.406 e. The quantitative estimate of drug-likeness (QED) is 0.811. The molecular formula is C18H17F3N2O4S. The molecule has 0 aromatic heterocycles. The number of nitrogens with zero attached hydrogens (tertiary/aromatic N) is 1. The fourth-order valence-electron chi connectivity index (χ4n) is 2.80. The van der Waals surface area contributed by atoms with Gasteiger partial charge >= 0.3 is 6.36 Å². The fraction of sp³-hybridized carbons (Fsp3) is 0.278. The Labute approximate surface area is 160 Å². The summed E-state index contributed by atoms with van der Waals surface area (Å²) in [5.41, 5.74) is 0.490. The van der Waals surface area contributed by atoms with Gasteiger partial charge in [0.15, 0.2) is 0 Å². The Morgan fingerprint density at radius 3 is 2.07 bits per heavy atom. The van der Waals surface area contributed by atoms with Crippen LogP contribution in [0.25, 0.3) is 0 Å². The Morgan fingerprint density at radius 1 is 0.964 bits per heavy atom. The van der Waals surface area contributed by atoms with Crippen molar-refractivity contribution in [2.24, 2.45) is 0 Å². The number of amides is 1. The molecule has 0 atom stereocenters. The number of anilines is 1. The molecule has 150 valence electrons. The molecule has 1 heterocycles. The molecule has 0 aliphatic carbocycles. The number of alkyl halides is 3. The first-order chi connectivity index (χ1) is 13.1. The summed E-state index contributed by atoms with van der Waals surface area (Å²) < 4.78 is 66.6. The summed E-state index contributed by atoms with van der Waals surface area (Å²) in [4.78, 5) is 12.4. The lowest BCUT2D eigenvalue weighted by Crippen LogP contribution is -2.27. The minimum absolute atomic E-state index is 0.111. The Morgan fingerprint density at radius 2 is 1.54 bits per heavy atom. The van der Waals surface area contributed by atoms with E-state index in [1.165, 1.54) is 40.7 Å². The van der Waals surface area contributed by atoms with Crippen LogP contribution >= 0.6 is 0 Å². The van der Waals surface area contributed by atoms with E-state index in [2.05, 4.69) is 10.1 Å². The van der Waals surface area contributed by atoms with Gasteiger partial charge in [-0.05, 0) is 61.4 Å². The highest BCUT2D eigenvalue weighted by Gasteiger charge is 2.31. The first kappa shape index (κ1) is 20.2. The molecule has 1 amide bonds. The van der Waals surface area contributed by atoms with Crippen molar-refractivity contribution < 1.29 is 31.1 Å². The summed E-state index contributed by atoms with van der Waals surface area (Å²) in [5.74, 6) is -0.920. The van der Waals surface area contributed by atoms with Crippen LogP contribution in [0.2, 0.25) is 0 Å². The zero-order valence-corrected chi connectivity index (χ0v) is 15.4. The van der Waals surface area contributed by atoms with Gasteiger partial charge in [-0.15, -0.1) is 13.2 Å². The largest absolute Gasteiger partial charge is 0.573 e. The Kier molecular flexibility index (Phi) is 5.61. The fourth-order valence-corrected chi connectivity index (χ4v) is 4.32. The summed E-state index contributed by atoms with van der Waals surface area (Å²) in [7, 11) is -3.56. The second-order valence-electron chi connectivity index (χ2n) is 6.16. The molecule has 1 saturated heterocycles. The van der Waals surface area contributed by atoms with Crippen LogP contribution in [0.1, 0.15) is 23.2 Å². The van der Waals surface area contributed by atoms with Gasteiger partial charge < -0.3 is 10.1 Å². The van der Waals surface area contributed by atoms with Crippen molar-refractivity contribution in [2.45, 2.75) is 24.1 Å². The van der Waals surface area contributed by atoms with Crippen LogP contribution in [0.15, 0.2) is 53.4 Å². The highest BCUT2D eigenvalue weighted by Crippen LogP contribution is 2.25. The minimum atomic E-state index is -4.79. The van der Waals surface area contributed by atoms with Crippen molar-refractivity contribution >= 4 is 21.6 Å². The molecule has 0 radical (unpaired) electrons. The molecule has 0 saturated carbocycles. The second kappa shape index (κ2) is 7.80. The molecule has 1 N–H and O–H groups in total. The lowest BCUT2D eigenvalue weighted by molar-refractivity contribution is -0.274. The summed E-state index contributed by atoms with van der Waals surface area (Å²) in [5, 5.41) is 2.53. The second-order valence-corrected chi connectivity index (χ2v) is 8.10. The molecule has 3 rings (SSSR count). The molecule has 1 fully saturated rings. The molecule has 0 unspecified atom stereocenters. The lowest BCUT2D eigenvalue weighted by Gasteiger charge is -2.15. The number of benzene rings is 2. The van der Waals surface area contributed by atoms with Gasteiger partial charge in [-0.1, -0.05) is 0 Å². The molecule has 1 aliphatic rings. The average molecular weight is 414 g/mol. The van der Waals surface area contributed by atoms with Gasteiger partial charge in [0, 0.05) is 24.3 Å². The zero-order chi connectivity index (χ0) is 20.4. The number of nitrogens with one attached hydrogen (secondary N) is 1. The normalized spacial score (nSPS) is 15.4. The molecule has 6 nitrogen and oxygen atoms in total. The maximum absolute atomic E-state index is 12.5. The van der Waals surface area contributed by atoms with E-state index in [4.69, 9.17) is 0 Å². The first-order valence-corrected chi connectivity index (χ1v) is 9.86. The molecular weight excluding hydrogens is 397 g/mol. The van der Waals surface area contributed by atoms with Gasteiger partial charge in [-0.2, -0.15) is 4.31 Å². The van der Waals surface area contributed by atoms with Crippen LogP contribution in [-0.2, 0) is 10.0 Å². The van der Waals surface area contributed by atoms with Crippen molar-refractivity contribution in [2.75, 3.05) is 18.4 Å². The molecule has 1 aliphatic heterocycles. The SMILES string of the molecule is O=C(Nc1ccc(OC(F)(F)F)cc1)c1ccc(S(=O)(=O)N2CCCC2)cc1. The molecule has 28 heavy (non-hydrogen) atoms. The van der Waals surface area contributed by atoms with Gasteiger partial charge in [0.05, 0.1) is 4.90 Å². The predicted molar refractivity (Wildman–Crippen MR) is 95.5 cm³/mol. The third-order valence-corrected chi connectivity index (χ3v) is 6.08. The van der Waals surface area contributed by atoms with Gasteiger partial charge in [0.25, 0.3) is 5.91 Å². The number of sulfonamides is 1. The summed E-state index contributed by atoms with van der Waals surface area (Å²) in [6, 6.07) is 10.2. The average Bonchev–Trinajstić information content (AvgIpc) is 3.18. The van der Waals surface area contributed by atoms with Crippen molar-refractivity contribution in [3.8, 4) is 5.75 Å². The van der Waals surface area contributed by atoms with Crippen LogP contribution in [0.5, 0.6) is 5.75 Å². The van der Waals surface area contributed by atoms with Crippen molar-refractivity contribution in [1.82, 2.24) is 4.31 Å². The summed E-state index contributed by atoms with van der Waals surface area (Å²) in [6.45, 7) is 0.969. The van der Waals surface area contributed by atoms with Gasteiger partial charge in [0.2, 0.25) is 10.0 Å². The number of hydrogen-bond donors (Lipinski definition) is 1. The van der Waals surface area contributed by atoms with Crippen LogP contribution < -0.4 is 10.1 Å². The maximum Gasteiger partial charge on any atom is 0.573 e. The van der Waals surface area contributed by atoms with E-state index >= 15 is 0 Å². The Hall–Kier alpha value is -2.59. The van der Waals surface area contributed by atoms with Crippen LogP contribution in [-0.4, -0.2) is 38.1 Å².